The van der Waals surface area contributed by atoms with Crippen molar-refractivity contribution in [3.63, 3.8) is 0 Å². The summed E-state index contributed by atoms with van der Waals surface area (Å²) in [6.45, 7) is -0.176. The number of alkyl halides is 3. The highest BCUT2D eigenvalue weighted by molar-refractivity contribution is 7.91. The quantitative estimate of drug-likeness (QED) is 0.478. The molecule has 1 aliphatic heterocycles. The van der Waals surface area contributed by atoms with Crippen LogP contribution in [-0.4, -0.2) is 30.6 Å². The summed E-state index contributed by atoms with van der Waals surface area (Å²) in [6.07, 6.45) is -2.32. The minimum absolute atomic E-state index is 0.000368. The zero-order valence-corrected chi connectivity index (χ0v) is 17.0. The number of nitrogens with zero attached hydrogens (tertiary/aromatic N) is 2. The van der Waals surface area contributed by atoms with Gasteiger partial charge in [0.15, 0.2) is 5.01 Å². The van der Waals surface area contributed by atoms with Crippen molar-refractivity contribution >= 4 is 39.0 Å². The van der Waals surface area contributed by atoms with Crippen LogP contribution >= 0.6 is 11.3 Å². The van der Waals surface area contributed by atoms with Crippen molar-refractivity contribution in [2.75, 3.05) is 0 Å². The second-order valence-electron chi connectivity index (χ2n) is 6.45. The number of nitrogens with one attached hydrogen (secondary N) is 1. The van der Waals surface area contributed by atoms with Crippen LogP contribution in [-0.2, 0) is 22.6 Å². The molecule has 1 aromatic heterocycles. The lowest BCUT2D eigenvalue weighted by molar-refractivity contribution is -0.137. The van der Waals surface area contributed by atoms with Gasteiger partial charge in [-0.15, -0.1) is 11.3 Å². The number of hydrogen-bond acceptors (Lipinski definition) is 7. The molecule has 12 heteroatoms. The zero-order chi connectivity index (χ0) is 22.4. The molecule has 4 rings (SSSR count). The second-order valence-corrected chi connectivity index (χ2v) is 9.45. The number of rotatable bonds is 3. The van der Waals surface area contributed by atoms with Crippen LogP contribution in [0.5, 0.6) is 5.75 Å². The van der Waals surface area contributed by atoms with Crippen molar-refractivity contribution in [2.45, 2.75) is 22.5 Å². The lowest BCUT2D eigenvalue weighted by Gasteiger charge is -2.09. The van der Waals surface area contributed by atoms with Gasteiger partial charge in [-0.25, -0.2) is 13.4 Å². The number of carbonyl (C=O) groups excluding carboxylic acids is 1. The van der Waals surface area contributed by atoms with Gasteiger partial charge in [0.05, 0.1) is 27.6 Å². The van der Waals surface area contributed by atoms with E-state index in [9.17, 15) is 31.5 Å². The van der Waals surface area contributed by atoms with Crippen LogP contribution in [0, 0.1) is 0 Å². The number of fused-ring (bicyclic) bond motifs is 2. The summed E-state index contributed by atoms with van der Waals surface area (Å²) >= 11 is 0.419. The number of sulfone groups is 1. The van der Waals surface area contributed by atoms with Gasteiger partial charge in [-0.3, -0.25) is 9.79 Å². The van der Waals surface area contributed by atoms with Crippen molar-refractivity contribution in [3.8, 4) is 5.75 Å². The molecule has 0 spiro atoms. The topological polar surface area (TPSA) is 109 Å². The summed E-state index contributed by atoms with van der Waals surface area (Å²) in [6, 6.07) is 7.84. The monoisotopic (exact) mass is 467 g/mol. The molecule has 0 saturated carbocycles. The Balaban J connectivity index is 1.59. The van der Waals surface area contributed by atoms with Crippen molar-refractivity contribution in [2.24, 2.45) is 4.99 Å². The standard InChI is InChI=1S/C19H12F3N3O4S2/c20-19(21,22)18-25-8-11(30-18)7-24-17(27)10-4-5-16-13(6-10)23-9-12-14(26)2-1-3-15(12)31(16,28)29/h1-6,8-9,26H,7H2,(H,24,27). The van der Waals surface area contributed by atoms with Crippen LogP contribution in [0.1, 0.15) is 25.8 Å². The fourth-order valence-electron chi connectivity index (χ4n) is 2.93. The number of aromatic hydroxyl groups is 1. The van der Waals surface area contributed by atoms with Gasteiger partial charge in [-0.05, 0) is 30.3 Å². The minimum atomic E-state index is -4.56. The van der Waals surface area contributed by atoms with Crippen LogP contribution in [0.4, 0.5) is 18.9 Å². The average Bonchev–Trinajstić information content (AvgIpc) is 3.16. The number of halogens is 3. The summed E-state index contributed by atoms with van der Waals surface area (Å²) in [5.41, 5.74) is 0.109. The van der Waals surface area contributed by atoms with Gasteiger partial charge in [0, 0.05) is 22.9 Å². The smallest absolute Gasteiger partial charge is 0.443 e. The highest BCUT2D eigenvalue weighted by Crippen LogP contribution is 2.37. The Hall–Kier alpha value is -3.25. The molecule has 0 aliphatic carbocycles. The average molecular weight is 467 g/mol. The molecule has 2 aromatic carbocycles. The van der Waals surface area contributed by atoms with E-state index >= 15 is 0 Å². The number of amides is 1. The molecule has 160 valence electrons. The number of phenols is 1. The van der Waals surface area contributed by atoms with Crippen LogP contribution in [0.2, 0.25) is 0 Å². The van der Waals surface area contributed by atoms with Gasteiger partial charge < -0.3 is 10.4 Å². The predicted octanol–water partition coefficient (Wildman–Crippen LogP) is 3.69. The van der Waals surface area contributed by atoms with Gasteiger partial charge in [0.1, 0.15) is 5.75 Å². The summed E-state index contributed by atoms with van der Waals surface area (Å²) in [5.74, 6) is -0.875. The number of carbonyl (C=O) groups is 1. The van der Waals surface area contributed by atoms with Crippen molar-refractivity contribution < 1.29 is 31.5 Å². The third-order valence-corrected chi connectivity index (χ3v) is 7.30. The zero-order valence-electron chi connectivity index (χ0n) is 15.3. The molecule has 2 heterocycles. The lowest BCUT2D eigenvalue weighted by atomic mass is 10.2. The Morgan fingerprint density at radius 1 is 1.16 bits per heavy atom. The van der Waals surface area contributed by atoms with E-state index in [-0.39, 0.29) is 43.8 Å². The fourth-order valence-corrected chi connectivity index (χ4v) is 5.22. The SMILES string of the molecule is O=C(NCc1cnc(C(F)(F)F)s1)c1ccc2c(c1)N=Cc1c(O)cccc1S2(=O)=O. The highest BCUT2D eigenvalue weighted by Gasteiger charge is 2.34. The molecule has 0 radical (unpaired) electrons. The van der Waals surface area contributed by atoms with Crippen LogP contribution in [0.3, 0.4) is 0 Å². The molecule has 2 N–H and O–H groups in total. The molecule has 0 saturated heterocycles. The number of hydrogen-bond donors (Lipinski definition) is 2. The van der Waals surface area contributed by atoms with Gasteiger partial charge in [0.25, 0.3) is 5.91 Å². The van der Waals surface area contributed by atoms with Crippen LogP contribution < -0.4 is 5.32 Å². The minimum Gasteiger partial charge on any atom is -0.507 e. The van der Waals surface area contributed by atoms with Gasteiger partial charge in [-0.1, -0.05) is 6.07 Å². The normalized spacial score (nSPS) is 14.4. The van der Waals surface area contributed by atoms with Gasteiger partial charge in [0.2, 0.25) is 9.84 Å². The van der Waals surface area contributed by atoms with E-state index < -0.39 is 26.9 Å². The molecule has 0 unspecified atom stereocenters. The van der Waals surface area contributed by atoms with E-state index in [0.29, 0.717) is 11.3 Å². The molecule has 1 aliphatic rings. The first kappa shape index (κ1) is 21.0. The van der Waals surface area contributed by atoms with Crippen molar-refractivity contribution in [1.29, 1.82) is 0 Å². The molecular weight excluding hydrogens is 455 g/mol. The van der Waals surface area contributed by atoms with E-state index in [2.05, 4.69) is 15.3 Å². The molecule has 0 atom stereocenters. The Kier molecular flexibility index (Phi) is 5.06. The molecule has 3 aromatic rings. The summed E-state index contributed by atoms with van der Waals surface area (Å²) in [5, 5.41) is 11.4. The lowest BCUT2D eigenvalue weighted by Crippen LogP contribution is -2.22. The largest absolute Gasteiger partial charge is 0.507 e. The van der Waals surface area contributed by atoms with Gasteiger partial charge in [-0.2, -0.15) is 13.2 Å². The van der Waals surface area contributed by atoms with Crippen LogP contribution in [0.25, 0.3) is 0 Å². The van der Waals surface area contributed by atoms with E-state index in [1.54, 1.807) is 0 Å². The highest BCUT2D eigenvalue weighted by atomic mass is 32.2. The second kappa shape index (κ2) is 7.46. The number of phenolic OH excluding ortho intramolecular Hbond substituents is 1. The number of aromatic nitrogens is 1. The first-order chi connectivity index (χ1) is 14.6. The van der Waals surface area contributed by atoms with Crippen LogP contribution in [0.15, 0.2) is 57.4 Å². The Morgan fingerprint density at radius 2 is 1.94 bits per heavy atom. The molecule has 31 heavy (non-hydrogen) atoms. The predicted molar refractivity (Wildman–Crippen MR) is 106 cm³/mol. The van der Waals surface area contributed by atoms with E-state index in [4.69, 9.17) is 0 Å². The van der Waals surface area contributed by atoms with E-state index in [1.165, 1.54) is 42.6 Å². The Morgan fingerprint density at radius 3 is 2.65 bits per heavy atom. The maximum Gasteiger partial charge on any atom is 0.443 e. The number of thiazole rings is 1. The maximum atomic E-state index is 13.0. The van der Waals surface area contributed by atoms with E-state index in [0.717, 1.165) is 6.20 Å². The molecular formula is C19H12F3N3O4S2. The number of benzene rings is 2. The molecule has 0 bridgehead atoms. The molecule has 7 nitrogen and oxygen atoms in total. The summed E-state index contributed by atoms with van der Waals surface area (Å²) in [7, 11) is -4.00. The third-order valence-electron chi connectivity index (χ3n) is 4.40. The van der Waals surface area contributed by atoms with Crippen molar-refractivity contribution in [1.82, 2.24) is 10.3 Å². The maximum absolute atomic E-state index is 13.0. The summed E-state index contributed by atoms with van der Waals surface area (Å²) in [4.78, 5) is 19.8. The summed E-state index contributed by atoms with van der Waals surface area (Å²) < 4.78 is 63.8. The number of aliphatic imine (C=N–C) groups is 1. The van der Waals surface area contributed by atoms with E-state index in [1.807, 2.05) is 0 Å². The van der Waals surface area contributed by atoms with Crippen molar-refractivity contribution in [3.05, 3.63) is 63.6 Å². The first-order valence-electron chi connectivity index (χ1n) is 8.62. The fraction of sp³-hybridized carbons (Fsp3) is 0.105. The molecule has 0 fully saturated rings. The Labute approximate surface area is 177 Å². The van der Waals surface area contributed by atoms with Gasteiger partial charge >= 0.3 is 6.18 Å². The third kappa shape index (κ3) is 3.91. The Bertz CT molecular complexity index is 1330. The molecule has 1 amide bonds. The first-order valence-corrected chi connectivity index (χ1v) is 10.9.